The number of aldehydes is 1. The number of nitrogens with zero attached hydrogens (tertiary/aromatic N) is 2. The molecule has 0 aliphatic heterocycles. The van der Waals surface area contributed by atoms with Crippen LogP contribution in [0.2, 0.25) is 0 Å². The molecular formula is C15H18N2O. The topological polar surface area (TPSA) is 34.9 Å². The maximum atomic E-state index is 11.1. The van der Waals surface area contributed by atoms with E-state index in [1.54, 1.807) is 0 Å². The normalized spacial score (nSPS) is 12.3. The standard InChI is InChI=1S/C15H18N2O/c1-3-12(2)17-10-14(11-18)15(16-17)9-13-7-5-4-6-8-13/h4-8,10-12H,3,9H2,1-2H3. The molecule has 0 amide bonds. The minimum absolute atomic E-state index is 0.327. The van der Waals surface area contributed by atoms with Crippen LogP contribution in [0.4, 0.5) is 0 Å². The highest BCUT2D eigenvalue weighted by Crippen LogP contribution is 2.15. The summed E-state index contributed by atoms with van der Waals surface area (Å²) in [5, 5.41) is 4.53. The predicted molar refractivity (Wildman–Crippen MR) is 71.9 cm³/mol. The minimum atomic E-state index is 0.327. The van der Waals surface area contributed by atoms with E-state index < -0.39 is 0 Å². The van der Waals surface area contributed by atoms with E-state index in [-0.39, 0.29) is 0 Å². The highest BCUT2D eigenvalue weighted by Gasteiger charge is 2.11. The molecular weight excluding hydrogens is 224 g/mol. The summed E-state index contributed by atoms with van der Waals surface area (Å²) in [6.45, 7) is 4.22. The van der Waals surface area contributed by atoms with Crippen LogP contribution < -0.4 is 0 Å². The maximum absolute atomic E-state index is 11.1. The Balaban J connectivity index is 2.27. The van der Waals surface area contributed by atoms with Crippen LogP contribution in [0.15, 0.2) is 36.5 Å². The van der Waals surface area contributed by atoms with E-state index in [0.717, 1.165) is 18.4 Å². The van der Waals surface area contributed by atoms with Crippen molar-refractivity contribution in [3.63, 3.8) is 0 Å². The van der Waals surface area contributed by atoms with Gasteiger partial charge in [0.25, 0.3) is 0 Å². The van der Waals surface area contributed by atoms with Gasteiger partial charge < -0.3 is 0 Å². The third-order valence-corrected chi connectivity index (χ3v) is 3.22. The van der Waals surface area contributed by atoms with Crippen LogP contribution in [-0.2, 0) is 6.42 Å². The lowest BCUT2D eigenvalue weighted by molar-refractivity contribution is 0.112. The fourth-order valence-electron chi connectivity index (χ4n) is 1.88. The monoisotopic (exact) mass is 242 g/mol. The first-order chi connectivity index (χ1) is 8.74. The summed E-state index contributed by atoms with van der Waals surface area (Å²) in [6.07, 6.45) is 4.45. The van der Waals surface area contributed by atoms with E-state index in [9.17, 15) is 4.79 Å². The second-order valence-electron chi connectivity index (χ2n) is 4.55. The molecule has 1 heterocycles. The van der Waals surface area contributed by atoms with E-state index in [1.807, 2.05) is 29.1 Å². The molecule has 1 aromatic heterocycles. The van der Waals surface area contributed by atoms with Crippen LogP contribution >= 0.6 is 0 Å². The van der Waals surface area contributed by atoms with Crippen molar-refractivity contribution in [3.05, 3.63) is 53.3 Å². The quantitative estimate of drug-likeness (QED) is 0.754. The SMILES string of the molecule is CCC(C)n1cc(C=O)c(Cc2ccccc2)n1. The number of carbonyl (C=O) groups is 1. The molecule has 3 nitrogen and oxygen atoms in total. The molecule has 1 aromatic carbocycles. The average molecular weight is 242 g/mol. The first kappa shape index (κ1) is 12.6. The summed E-state index contributed by atoms with van der Waals surface area (Å²) in [5.74, 6) is 0. The van der Waals surface area contributed by atoms with Gasteiger partial charge in [-0.1, -0.05) is 37.3 Å². The Bertz CT molecular complexity index is 517. The number of carbonyl (C=O) groups excluding carboxylic acids is 1. The van der Waals surface area contributed by atoms with Gasteiger partial charge in [-0.25, -0.2) is 0 Å². The van der Waals surface area contributed by atoms with Crippen LogP contribution in [0.1, 0.15) is 47.9 Å². The summed E-state index contributed by atoms with van der Waals surface area (Å²) < 4.78 is 1.89. The Hall–Kier alpha value is -1.90. The van der Waals surface area contributed by atoms with Gasteiger partial charge in [-0.15, -0.1) is 0 Å². The lowest BCUT2D eigenvalue weighted by Gasteiger charge is -2.07. The Morgan fingerprint density at radius 3 is 2.67 bits per heavy atom. The maximum Gasteiger partial charge on any atom is 0.153 e. The first-order valence-electron chi connectivity index (χ1n) is 6.31. The Kier molecular flexibility index (Phi) is 3.92. The number of rotatable bonds is 5. The first-order valence-corrected chi connectivity index (χ1v) is 6.31. The molecule has 0 N–H and O–H groups in total. The zero-order valence-electron chi connectivity index (χ0n) is 10.8. The molecule has 0 bridgehead atoms. The van der Waals surface area contributed by atoms with Gasteiger partial charge in [0.05, 0.1) is 11.3 Å². The summed E-state index contributed by atoms with van der Waals surface area (Å²) in [5.41, 5.74) is 2.73. The highest BCUT2D eigenvalue weighted by molar-refractivity contribution is 5.76. The molecule has 94 valence electrons. The highest BCUT2D eigenvalue weighted by atomic mass is 16.1. The number of aromatic nitrogens is 2. The number of benzene rings is 1. The molecule has 0 radical (unpaired) electrons. The van der Waals surface area contributed by atoms with Gasteiger partial charge in [0, 0.05) is 18.7 Å². The zero-order valence-corrected chi connectivity index (χ0v) is 10.8. The van der Waals surface area contributed by atoms with Crippen molar-refractivity contribution in [3.8, 4) is 0 Å². The van der Waals surface area contributed by atoms with Crippen molar-refractivity contribution in [1.82, 2.24) is 9.78 Å². The van der Waals surface area contributed by atoms with Crippen LogP contribution in [-0.4, -0.2) is 16.1 Å². The van der Waals surface area contributed by atoms with Crippen molar-refractivity contribution < 1.29 is 4.79 Å². The van der Waals surface area contributed by atoms with E-state index in [1.165, 1.54) is 5.56 Å². The summed E-state index contributed by atoms with van der Waals surface area (Å²) in [6, 6.07) is 10.4. The van der Waals surface area contributed by atoms with Crippen molar-refractivity contribution in [2.75, 3.05) is 0 Å². The van der Waals surface area contributed by atoms with E-state index in [4.69, 9.17) is 0 Å². The van der Waals surface area contributed by atoms with Crippen molar-refractivity contribution in [2.45, 2.75) is 32.7 Å². The summed E-state index contributed by atoms with van der Waals surface area (Å²) in [4.78, 5) is 11.1. The lowest BCUT2D eigenvalue weighted by atomic mass is 10.1. The molecule has 1 atom stereocenters. The third-order valence-electron chi connectivity index (χ3n) is 3.22. The molecule has 1 unspecified atom stereocenters. The fourth-order valence-corrected chi connectivity index (χ4v) is 1.88. The smallest absolute Gasteiger partial charge is 0.153 e. The molecule has 3 heteroatoms. The Morgan fingerprint density at radius 2 is 2.06 bits per heavy atom. The second-order valence-corrected chi connectivity index (χ2v) is 4.55. The van der Waals surface area contributed by atoms with Gasteiger partial charge in [0.1, 0.15) is 0 Å². The molecule has 0 aliphatic rings. The van der Waals surface area contributed by atoms with Gasteiger partial charge in [-0.05, 0) is 18.9 Å². The molecule has 0 saturated carbocycles. The van der Waals surface area contributed by atoms with Gasteiger partial charge in [-0.2, -0.15) is 5.10 Å². The number of hydrogen-bond acceptors (Lipinski definition) is 2. The molecule has 2 rings (SSSR count). The minimum Gasteiger partial charge on any atom is -0.298 e. The van der Waals surface area contributed by atoms with Gasteiger partial charge >= 0.3 is 0 Å². The van der Waals surface area contributed by atoms with Crippen molar-refractivity contribution in [1.29, 1.82) is 0 Å². The van der Waals surface area contributed by atoms with Crippen LogP contribution in [0.3, 0.4) is 0 Å². The predicted octanol–water partition coefficient (Wildman–Crippen LogP) is 3.26. The Labute approximate surface area is 107 Å². The fraction of sp³-hybridized carbons (Fsp3) is 0.333. The number of hydrogen-bond donors (Lipinski definition) is 0. The van der Waals surface area contributed by atoms with Crippen molar-refractivity contribution >= 4 is 6.29 Å². The molecule has 0 saturated heterocycles. The van der Waals surface area contributed by atoms with Crippen LogP contribution in [0, 0.1) is 0 Å². The summed E-state index contributed by atoms with van der Waals surface area (Å²) >= 11 is 0. The zero-order chi connectivity index (χ0) is 13.0. The largest absolute Gasteiger partial charge is 0.298 e. The van der Waals surface area contributed by atoms with E-state index >= 15 is 0 Å². The molecule has 0 spiro atoms. The molecule has 18 heavy (non-hydrogen) atoms. The lowest BCUT2D eigenvalue weighted by Crippen LogP contribution is -2.04. The summed E-state index contributed by atoms with van der Waals surface area (Å²) in [7, 11) is 0. The van der Waals surface area contributed by atoms with Gasteiger partial charge in [-0.3, -0.25) is 9.48 Å². The molecule has 2 aromatic rings. The van der Waals surface area contributed by atoms with E-state index in [0.29, 0.717) is 18.0 Å². The molecule has 0 fully saturated rings. The average Bonchev–Trinajstić information content (AvgIpc) is 2.82. The van der Waals surface area contributed by atoms with Gasteiger partial charge in [0.2, 0.25) is 0 Å². The van der Waals surface area contributed by atoms with E-state index in [2.05, 4.69) is 31.1 Å². The van der Waals surface area contributed by atoms with Gasteiger partial charge in [0.15, 0.2) is 6.29 Å². The second kappa shape index (κ2) is 5.63. The Morgan fingerprint density at radius 1 is 1.33 bits per heavy atom. The molecule has 0 aliphatic carbocycles. The third kappa shape index (κ3) is 2.67. The van der Waals surface area contributed by atoms with Crippen molar-refractivity contribution in [2.24, 2.45) is 0 Å². The van der Waals surface area contributed by atoms with Crippen LogP contribution in [0.25, 0.3) is 0 Å². The van der Waals surface area contributed by atoms with Crippen LogP contribution in [0.5, 0.6) is 0 Å².